The molecular formula is C17H19NO2S. The molecule has 0 aromatic heterocycles. The van der Waals surface area contributed by atoms with Crippen molar-refractivity contribution in [2.45, 2.75) is 17.9 Å². The van der Waals surface area contributed by atoms with Gasteiger partial charge in [0, 0.05) is 17.5 Å². The lowest BCUT2D eigenvalue weighted by molar-refractivity contribution is 0.0738. The van der Waals surface area contributed by atoms with Crippen LogP contribution in [0.3, 0.4) is 0 Å². The van der Waals surface area contributed by atoms with Crippen molar-refractivity contribution >= 4 is 17.7 Å². The summed E-state index contributed by atoms with van der Waals surface area (Å²) in [5.74, 6) is 0.165. The van der Waals surface area contributed by atoms with Gasteiger partial charge in [0.2, 0.25) is 0 Å². The minimum atomic E-state index is -0.200. The number of hydrogen-bond acceptors (Lipinski definition) is 3. The number of amides is 1. The van der Waals surface area contributed by atoms with Crippen LogP contribution in [0, 0.1) is 0 Å². The van der Waals surface area contributed by atoms with Crippen LogP contribution in [-0.4, -0.2) is 29.2 Å². The van der Waals surface area contributed by atoms with Crippen molar-refractivity contribution in [1.82, 2.24) is 4.90 Å². The van der Waals surface area contributed by atoms with Gasteiger partial charge in [0.25, 0.3) is 5.91 Å². The highest BCUT2D eigenvalue weighted by molar-refractivity contribution is 7.98. The lowest BCUT2D eigenvalue weighted by Crippen LogP contribution is -2.30. The molecule has 0 fully saturated rings. The maximum absolute atomic E-state index is 12.7. The summed E-state index contributed by atoms with van der Waals surface area (Å²) in [6.07, 6.45) is 1.96. The molecule has 2 aromatic rings. The molecule has 0 saturated heterocycles. The largest absolute Gasteiger partial charge is 0.508 e. The van der Waals surface area contributed by atoms with Gasteiger partial charge in [-0.1, -0.05) is 30.3 Å². The Kier molecular flexibility index (Phi) is 4.91. The third-order valence-electron chi connectivity index (χ3n) is 3.63. The van der Waals surface area contributed by atoms with Gasteiger partial charge in [-0.05, 0) is 31.4 Å². The Labute approximate surface area is 129 Å². The molecule has 0 aliphatic carbocycles. The monoisotopic (exact) mass is 301 g/mol. The van der Waals surface area contributed by atoms with E-state index in [-0.39, 0.29) is 17.7 Å². The molecule has 4 heteroatoms. The predicted octanol–water partition coefficient (Wildman–Crippen LogP) is 3.95. The van der Waals surface area contributed by atoms with E-state index in [0.717, 1.165) is 10.5 Å². The second-order valence-corrected chi connectivity index (χ2v) is 5.70. The Morgan fingerprint density at radius 1 is 1.14 bits per heavy atom. The highest BCUT2D eigenvalue weighted by atomic mass is 32.2. The van der Waals surface area contributed by atoms with Gasteiger partial charge in [0.1, 0.15) is 5.75 Å². The van der Waals surface area contributed by atoms with Crippen molar-refractivity contribution in [3.05, 3.63) is 59.7 Å². The van der Waals surface area contributed by atoms with Gasteiger partial charge in [-0.2, -0.15) is 0 Å². The maximum atomic E-state index is 12.7. The minimum absolute atomic E-state index is 0.0456. The molecule has 0 heterocycles. The van der Waals surface area contributed by atoms with Crippen molar-refractivity contribution in [1.29, 1.82) is 0 Å². The number of phenolic OH excluding ortho intramolecular Hbond substituents is 1. The van der Waals surface area contributed by atoms with Gasteiger partial charge < -0.3 is 10.0 Å². The van der Waals surface area contributed by atoms with Crippen LogP contribution in [0.2, 0.25) is 0 Å². The van der Waals surface area contributed by atoms with Crippen LogP contribution in [0.5, 0.6) is 5.75 Å². The van der Waals surface area contributed by atoms with E-state index >= 15 is 0 Å². The number of para-hydroxylation sites is 1. The zero-order valence-corrected chi connectivity index (χ0v) is 13.2. The molecule has 0 spiro atoms. The number of phenols is 1. The number of benzene rings is 2. The fourth-order valence-electron chi connectivity index (χ4n) is 2.24. The molecule has 1 atom stereocenters. The van der Waals surface area contributed by atoms with Crippen LogP contribution in [0.25, 0.3) is 0 Å². The molecule has 0 saturated carbocycles. The fraction of sp³-hybridized carbons (Fsp3) is 0.235. The predicted molar refractivity (Wildman–Crippen MR) is 86.8 cm³/mol. The van der Waals surface area contributed by atoms with E-state index in [1.165, 1.54) is 0 Å². The summed E-state index contributed by atoms with van der Waals surface area (Å²) in [4.78, 5) is 15.3. The summed E-state index contributed by atoms with van der Waals surface area (Å²) in [5, 5.41) is 9.94. The number of carbonyl (C=O) groups excluding carboxylic acids is 1. The molecule has 0 bridgehead atoms. The molecule has 0 radical (unpaired) electrons. The van der Waals surface area contributed by atoms with Crippen LogP contribution >= 0.6 is 11.8 Å². The number of hydrogen-bond donors (Lipinski definition) is 1. The Balaban J connectivity index is 2.29. The molecule has 1 N–H and O–H groups in total. The Morgan fingerprint density at radius 3 is 2.43 bits per heavy atom. The highest BCUT2D eigenvalue weighted by Gasteiger charge is 2.22. The SMILES string of the molecule is CSc1ccccc1C(=O)N(C)C(C)c1ccccc1O. The number of nitrogens with zero attached hydrogens (tertiary/aromatic N) is 1. The second-order valence-electron chi connectivity index (χ2n) is 4.85. The van der Waals surface area contributed by atoms with Crippen LogP contribution in [0.1, 0.15) is 28.9 Å². The molecule has 2 aromatic carbocycles. The smallest absolute Gasteiger partial charge is 0.255 e. The van der Waals surface area contributed by atoms with Gasteiger partial charge in [0.05, 0.1) is 11.6 Å². The van der Waals surface area contributed by atoms with E-state index in [2.05, 4.69) is 0 Å². The standard InChI is InChI=1S/C17H19NO2S/c1-12(13-8-4-6-10-15(13)19)18(2)17(20)14-9-5-7-11-16(14)21-3/h4-12,19H,1-3H3. The zero-order chi connectivity index (χ0) is 15.4. The quantitative estimate of drug-likeness (QED) is 0.869. The first-order valence-corrected chi connectivity index (χ1v) is 7.96. The first kappa shape index (κ1) is 15.4. The zero-order valence-electron chi connectivity index (χ0n) is 12.4. The lowest BCUT2D eigenvalue weighted by Gasteiger charge is -2.26. The lowest BCUT2D eigenvalue weighted by atomic mass is 10.1. The van der Waals surface area contributed by atoms with E-state index in [4.69, 9.17) is 0 Å². The molecule has 1 unspecified atom stereocenters. The van der Waals surface area contributed by atoms with E-state index in [0.29, 0.717) is 5.56 Å². The average molecular weight is 301 g/mol. The molecule has 3 nitrogen and oxygen atoms in total. The highest BCUT2D eigenvalue weighted by Crippen LogP contribution is 2.29. The van der Waals surface area contributed by atoms with E-state index in [1.807, 2.05) is 49.6 Å². The first-order valence-electron chi connectivity index (χ1n) is 6.74. The first-order chi connectivity index (χ1) is 10.1. The molecule has 1 amide bonds. The summed E-state index contributed by atoms with van der Waals surface area (Å²) >= 11 is 1.55. The molecule has 21 heavy (non-hydrogen) atoms. The number of carbonyl (C=O) groups is 1. The maximum Gasteiger partial charge on any atom is 0.255 e. The number of thioether (sulfide) groups is 1. The normalized spacial score (nSPS) is 12.0. The molecular weight excluding hydrogens is 282 g/mol. The van der Waals surface area contributed by atoms with Gasteiger partial charge in [-0.3, -0.25) is 4.79 Å². The van der Waals surface area contributed by atoms with E-state index < -0.39 is 0 Å². The number of aromatic hydroxyl groups is 1. The van der Waals surface area contributed by atoms with Crippen LogP contribution in [0.15, 0.2) is 53.4 Å². The van der Waals surface area contributed by atoms with Crippen molar-refractivity contribution in [3.8, 4) is 5.75 Å². The topological polar surface area (TPSA) is 40.5 Å². The Hall–Kier alpha value is -1.94. The van der Waals surface area contributed by atoms with Crippen LogP contribution in [0.4, 0.5) is 0 Å². The molecule has 0 aliphatic heterocycles. The fourth-order valence-corrected chi connectivity index (χ4v) is 2.83. The molecule has 2 rings (SSSR count). The summed E-state index contributed by atoms with van der Waals surface area (Å²) in [6.45, 7) is 1.91. The molecule has 0 aliphatic rings. The van der Waals surface area contributed by atoms with Crippen molar-refractivity contribution < 1.29 is 9.90 Å². The van der Waals surface area contributed by atoms with E-state index in [1.54, 1.807) is 35.8 Å². The summed E-state index contributed by atoms with van der Waals surface area (Å²) in [6, 6.07) is 14.5. The third-order valence-corrected chi connectivity index (χ3v) is 4.42. The Bertz CT molecular complexity index is 642. The minimum Gasteiger partial charge on any atom is -0.508 e. The van der Waals surface area contributed by atoms with Crippen molar-refractivity contribution in [3.63, 3.8) is 0 Å². The van der Waals surface area contributed by atoms with Gasteiger partial charge in [0.15, 0.2) is 0 Å². The van der Waals surface area contributed by atoms with Gasteiger partial charge in [-0.25, -0.2) is 0 Å². The van der Waals surface area contributed by atoms with Crippen LogP contribution in [-0.2, 0) is 0 Å². The van der Waals surface area contributed by atoms with Crippen molar-refractivity contribution in [2.75, 3.05) is 13.3 Å². The number of rotatable bonds is 4. The molecule has 110 valence electrons. The Morgan fingerprint density at radius 2 is 1.76 bits per heavy atom. The summed E-state index contributed by atoms with van der Waals surface area (Å²) in [7, 11) is 1.76. The van der Waals surface area contributed by atoms with Crippen LogP contribution < -0.4 is 0 Å². The average Bonchev–Trinajstić information content (AvgIpc) is 2.53. The second kappa shape index (κ2) is 6.68. The van der Waals surface area contributed by atoms with Gasteiger partial charge >= 0.3 is 0 Å². The van der Waals surface area contributed by atoms with Gasteiger partial charge in [-0.15, -0.1) is 11.8 Å². The summed E-state index contributed by atoms with van der Waals surface area (Å²) in [5.41, 5.74) is 1.43. The van der Waals surface area contributed by atoms with E-state index in [9.17, 15) is 9.90 Å². The third kappa shape index (κ3) is 3.22. The summed E-state index contributed by atoms with van der Waals surface area (Å²) < 4.78 is 0. The van der Waals surface area contributed by atoms with Crippen molar-refractivity contribution in [2.24, 2.45) is 0 Å².